The van der Waals surface area contributed by atoms with Crippen molar-refractivity contribution in [2.24, 2.45) is 5.92 Å². The molecule has 1 atom stereocenters. The van der Waals surface area contributed by atoms with Gasteiger partial charge in [0.2, 0.25) is 0 Å². The molecule has 0 amide bonds. The SMILES string of the molecule is CC(C)CCCCCCCC(=O)OCC1CO1. The molecule has 0 aliphatic carbocycles. The Kier molecular flexibility index (Phi) is 7.25. The number of ether oxygens (including phenoxy) is 2. The fourth-order valence-corrected chi connectivity index (χ4v) is 1.77. The Morgan fingerprint density at radius 3 is 2.53 bits per heavy atom. The molecule has 1 aliphatic rings. The topological polar surface area (TPSA) is 38.8 Å². The van der Waals surface area contributed by atoms with E-state index >= 15 is 0 Å². The van der Waals surface area contributed by atoms with E-state index in [1.807, 2.05) is 0 Å². The first kappa shape index (κ1) is 14.5. The van der Waals surface area contributed by atoms with Crippen LogP contribution in [0.1, 0.15) is 58.8 Å². The highest BCUT2D eigenvalue weighted by atomic mass is 16.6. The normalized spacial score (nSPS) is 18.4. The molecule has 1 unspecified atom stereocenters. The van der Waals surface area contributed by atoms with Gasteiger partial charge >= 0.3 is 5.97 Å². The number of rotatable bonds is 10. The molecule has 17 heavy (non-hydrogen) atoms. The maximum absolute atomic E-state index is 11.3. The second-order valence-corrected chi connectivity index (χ2v) is 5.34. The van der Waals surface area contributed by atoms with Crippen molar-refractivity contribution in [2.45, 2.75) is 64.9 Å². The van der Waals surface area contributed by atoms with Gasteiger partial charge in [-0.1, -0.05) is 46.0 Å². The number of carbonyl (C=O) groups is 1. The molecule has 0 N–H and O–H groups in total. The van der Waals surface area contributed by atoms with E-state index in [0.29, 0.717) is 13.0 Å². The van der Waals surface area contributed by atoms with Crippen LogP contribution in [-0.4, -0.2) is 25.3 Å². The maximum atomic E-state index is 11.3. The van der Waals surface area contributed by atoms with Crippen LogP contribution in [-0.2, 0) is 14.3 Å². The Labute approximate surface area is 105 Å². The second-order valence-electron chi connectivity index (χ2n) is 5.34. The molecule has 1 fully saturated rings. The quantitative estimate of drug-likeness (QED) is 0.335. The number of esters is 1. The molecule has 100 valence electrons. The summed E-state index contributed by atoms with van der Waals surface area (Å²) in [6.07, 6.45) is 8.05. The maximum Gasteiger partial charge on any atom is 0.305 e. The van der Waals surface area contributed by atoms with Crippen molar-refractivity contribution in [3.05, 3.63) is 0 Å². The highest BCUT2D eigenvalue weighted by Crippen LogP contribution is 2.12. The molecule has 1 heterocycles. The van der Waals surface area contributed by atoms with Crippen LogP contribution in [0.3, 0.4) is 0 Å². The molecule has 0 bridgehead atoms. The van der Waals surface area contributed by atoms with Gasteiger partial charge in [-0.2, -0.15) is 0 Å². The van der Waals surface area contributed by atoms with Crippen molar-refractivity contribution >= 4 is 5.97 Å². The van der Waals surface area contributed by atoms with E-state index in [9.17, 15) is 4.79 Å². The van der Waals surface area contributed by atoms with Crippen molar-refractivity contribution in [1.29, 1.82) is 0 Å². The minimum atomic E-state index is -0.0670. The van der Waals surface area contributed by atoms with Gasteiger partial charge in [0, 0.05) is 6.42 Å². The van der Waals surface area contributed by atoms with Gasteiger partial charge in [-0.25, -0.2) is 0 Å². The Morgan fingerprint density at radius 1 is 1.24 bits per heavy atom. The van der Waals surface area contributed by atoms with Crippen LogP contribution in [0.15, 0.2) is 0 Å². The van der Waals surface area contributed by atoms with Crippen LogP contribution < -0.4 is 0 Å². The lowest BCUT2D eigenvalue weighted by molar-refractivity contribution is -0.144. The molecular weight excluding hydrogens is 216 g/mol. The molecular formula is C14H26O3. The largest absolute Gasteiger partial charge is 0.463 e. The lowest BCUT2D eigenvalue weighted by atomic mass is 10.0. The summed E-state index contributed by atoms with van der Waals surface area (Å²) in [6.45, 7) is 5.73. The van der Waals surface area contributed by atoms with Crippen LogP contribution in [0.25, 0.3) is 0 Å². The predicted octanol–water partition coefficient (Wildman–Crippen LogP) is 3.32. The number of unbranched alkanes of at least 4 members (excludes halogenated alkanes) is 4. The number of epoxide rings is 1. The summed E-state index contributed by atoms with van der Waals surface area (Å²) >= 11 is 0. The molecule has 0 aromatic heterocycles. The van der Waals surface area contributed by atoms with Crippen LogP contribution in [0.4, 0.5) is 0 Å². The van der Waals surface area contributed by atoms with Gasteiger partial charge in [-0.05, 0) is 12.3 Å². The third-order valence-corrected chi connectivity index (χ3v) is 2.99. The molecule has 1 aliphatic heterocycles. The van der Waals surface area contributed by atoms with Crippen molar-refractivity contribution in [2.75, 3.05) is 13.2 Å². The lowest BCUT2D eigenvalue weighted by Crippen LogP contribution is -2.09. The van der Waals surface area contributed by atoms with Gasteiger partial charge in [-0.15, -0.1) is 0 Å². The Balaban J connectivity index is 1.77. The number of carbonyl (C=O) groups excluding carboxylic acids is 1. The first-order chi connectivity index (χ1) is 8.18. The summed E-state index contributed by atoms with van der Waals surface area (Å²) in [5, 5.41) is 0. The minimum absolute atomic E-state index is 0.0670. The summed E-state index contributed by atoms with van der Waals surface area (Å²) in [4.78, 5) is 11.3. The van der Waals surface area contributed by atoms with Gasteiger partial charge in [0.1, 0.15) is 12.7 Å². The molecule has 3 nitrogen and oxygen atoms in total. The molecule has 0 aromatic carbocycles. The van der Waals surface area contributed by atoms with Crippen LogP contribution in [0, 0.1) is 5.92 Å². The van der Waals surface area contributed by atoms with E-state index in [2.05, 4.69) is 13.8 Å². The van der Waals surface area contributed by atoms with Crippen molar-refractivity contribution in [3.8, 4) is 0 Å². The lowest BCUT2D eigenvalue weighted by Gasteiger charge is -2.04. The summed E-state index contributed by atoms with van der Waals surface area (Å²) in [5.74, 6) is 0.748. The molecule has 0 radical (unpaired) electrons. The number of hydrogen-bond donors (Lipinski definition) is 0. The van der Waals surface area contributed by atoms with Gasteiger partial charge in [0.15, 0.2) is 0 Å². The molecule has 1 saturated heterocycles. The third kappa shape index (κ3) is 9.16. The first-order valence-electron chi connectivity index (χ1n) is 6.95. The fraction of sp³-hybridized carbons (Fsp3) is 0.929. The van der Waals surface area contributed by atoms with Crippen molar-refractivity contribution < 1.29 is 14.3 Å². The highest BCUT2D eigenvalue weighted by molar-refractivity contribution is 5.69. The predicted molar refractivity (Wildman–Crippen MR) is 67.9 cm³/mol. The molecule has 1 rings (SSSR count). The zero-order chi connectivity index (χ0) is 12.5. The minimum Gasteiger partial charge on any atom is -0.463 e. The summed E-state index contributed by atoms with van der Waals surface area (Å²) in [5.41, 5.74) is 0. The van der Waals surface area contributed by atoms with Gasteiger partial charge in [0.25, 0.3) is 0 Å². The van der Waals surface area contributed by atoms with Crippen LogP contribution in [0.5, 0.6) is 0 Å². The van der Waals surface area contributed by atoms with E-state index < -0.39 is 0 Å². The number of hydrogen-bond acceptors (Lipinski definition) is 3. The van der Waals surface area contributed by atoms with E-state index in [-0.39, 0.29) is 12.1 Å². The monoisotopic (exact) mass is 242 g/mol. The second kappa shape index (κ2) is 8.51. The third-order valence-electron chi connectivity index (χ3n) is 2.99. The average Bonchev–Trinajstić information content (AvgIpc) is 3.08. The van der Waals surface area contributed by atoms with Crippen LogP contribution >= 0.6 is 0 Å². The van der Waals surface area contributed by atoms with Gasteiger partial charge in [0.05, 0.1) is 6.61 Å². The summed E-state index contributed by atoms with van der Waals surface area (Å²) in [6, 6.07) is 0. The summed E-state index contributed by atoms with van der Waals surface area (Å²) < 4.78 is 10.0. The molecule has 0 saturated carbocycles. The first-order valence-corrected chi connectivity index (χ1v) is 6.95. The summed E-state index contributed by atoms with van der Waals surface area (Å²) in [7, 11) is 0. The average molecular weight is 242 g/mol. The van der Waals surface area contributed by atoms with E-state index in [0.717, 1.165) is 25.4 Å². The van der Waals surface area contributed by atoms with Crippen LogP contribution in [0.2, 0.25) is 0 Å². The Hall–Kier alpha value is -0.570. The van der Waals surface area contributed by atoms with Gasteiger partial charge < -0.3 is 9.47 Å². The fourth-order valence-electron chi connectivity index (χ4n) is 1.77. The standard InChI is InChI=1S/C14H26O3/c1-12(2)8-6-4-3-5-7-9-14(15)17-11-13-10-16-13/h12-13H,3-11H2,1-2H3. The molecule has 0 spiro atoms. The smallest absolute Gasteiger partial charge is 0.305 e. The molecule has 0 aromatic rings. The zero-order valence-electron chi connectivity index (χ0n) is 11.2. The van der Waals surface area contributed by atoms with E-state index in [1.54, 1.807) is 0 Å². The van der Waals surface area contributed by atoms with Crippen molar-refractivity contribution in [1.82, 2.24) is 0 Å². The van der Waals surface area contributed by atoms with Gasteiger partial charge in [-0.3, -0.25) is 4.79 Å². The Morgan fingerprint density at radius 2 is 1.88 bits per heavy atom. The van der Waals surface area contributed by atoms with E-state index in [1.165, 1.54) is 25.7 Å². The van der Waals surface area contributed by atoms with Crippen molar-refractivity contribution in [3.63, 3.8) is 0 Å². The van der Waals surface area contributed by atoms with E-state index in [4.69, 9.17) is 9.47 Å². The highest BCUT2D eigenvalue weighted by Gasteiger charge is 2.23. The zero-order valence-corrected chi connectivity index (χ0v) is 11.2. The Bertz CT molecular complexity index is 210. The molecule has 3 heteroatoms.